The molecule has 3 nitrogen and oxygen atoms in total. The van der Waals surface area contributed by atoms with E-state index in [1.54, 1.807) is 24.3 Å². The van der Waals surface area contributed by atoms with Crippen LogP contribution in [0.25, 0.3) is 0 Å². The first-order valence-corrected chi connectivity index (χ1v) is 6.27. The van der Waals surface area contributed by atoms with Crippen molar-refractivity contribution in [2.24, 2.45) is 5.41 Å². The van der Waals surface area contributed by atoms with Gasteiger partial charge in [0.15, 0.2) is 0 Å². The van der Waals surface area contributed by atoms with E-state index in [0.717, 1.165) is 32.1 Å². The van der Waals surface area contributed by atoms with Crippen LogP contribution in [0.1, 0.15) is 39.0 Å². The molecule has 1 aliphatic rings. The minimum Gasteiger partial charge on any atom is -0.508 e. The summed E-state index contributed by atoms with van der Waals surface area (Å²) in [7, 11) is 0. The van der Waals surface area contributed by atoms with Crippen molar-refractivity contribution in [1.82, 2.24) is 0 Å². The van der Waals surface area contributed by atoms with Crippen molar-refractivity contribution in [3.05, 3.63) is 24.3 Å². The number of amides is 1. The van der Waals surface area contributed by atoms with E-state index >= 15 is 0 Å². The van der Waals surface area contributed by atoms with E-state index in [2.05, 4.69) is 12.2 Å². The zero-order valence-corrected chi connectivity index (χ0v) is 10.2. The van der Waals surface area contributed by atoms with E-state index in [1.165, 1.54) is 0 Å². The number of hydrogen-bond acceptors (Lipinski definition) is 2. The van der Waals surface area contributed by atoms with Crippen LogP contribution in [-0.2, 0) is 4.79 Å². The summed E-state index contributed by atoms with van der Waals surface area (Å²) >= 11 is 0. The van der Waals surface area contributed by atoms with Gasteiger partial charge in [-0.05, 0) is 31.4 Å². The number of rotatable bonds is 3. The molecule has 17 heavy (non-hydrogen) atoms. The molecule has 0 atom stereocenters. The van der Waals surface area contributed by atoms with Gasteiger partial charge in [-0.3, -0.25) is 4.79 Å². The van der Waals surface area contributed by atoms with Gasteiger partial charge in [0.2, 0.25) is 5.91 Å². The van der Waals surface area contributed by atoms with Gasteiger partial charge in [-0.2, -0.15) is 0 Å². The monoisotopic (exact) mass is 233 g/mol. The predicted molar refractivity (Wildman–Crippen MR) is 67.9 cm³/mol. The third kappa shape index (κ3) is 2.43. The molecule has 0 aliphatic heterocycles. The smallest absolute Gasteiger partial charge is 0.230 e. The number of nitrogens with one attached hydrogen (secondary N) is 1. The van der Waals surface area contributed by atoms with E-state index < -0.39 is 0 Å². The third-order valence-electron chi connectivity index (χ3n) is 3.82. The minimum atomic E-state index is -0.189. The molecule has 1 amide bonds. The lowest BCUT2D eigenvalue weighted by Crippen LogP contribution is -2.33. The summed E-state index contributed by atoms with van der Waals surface area (Å²) in [5, 5.41) is 12.3. The van der Waals surface area contributed by atoms with Crippen LogP contribution in [0.5, 0.6) is 5.75 Å². The van der Waals surface area contributed by atoms with E-state index in [-0.39, 0.29) is 17.1 Å². The summed E-state index contributed by atoms with van der Waals surface area (Å²) in [4.78, 5) is 12.3. The first kappa shape index (κ1) is 12.0. The standard InChI is InChI=1S/C14H19NO2/c1-2-14(8-3-4-9-14)13(17)15-11-6-5-7-12(16)10-11/h5-7,10,16H,2-4,8-9H2,1H3,(H,15,17). The van der Waals surface area contributed by atoms with Crippen LogP contribution in [0.2, 0.25) is 0 Å². The zero-order valence-electron chi connectivity index (χ0n) is 10.2. The topological polar surface area (TPSA) is 49.3 Å². The second kappa shape index (κ2) is 4.78. The fourth-order valence-electron chi connectivity index (χ4n) is 2.64. The van der Waals surface area contributed by atoms with Gasteiger partial charge in [-0.15, -0.1) is 0 Å². The fourth-order valence-corrected chi connectivity index (χ4v) is 2.64. The molecule has 0 unspecified atom stereocenters. The van der Waals surface area contributed by atoms with E-state index in [0.29, 0.717) is 5.69 Å². The highest BCUT2D eigenvalue weighted by Gasteiger charge is 2.39. The van der Waals surface area contributed by atoms with Crippen molar-refractivity contribution >= 4 is 11.6 Å². The molecular formula is C14H19NO2. The Morgan fingerprint density at radius 3 is 2.71 bits per heavy atom. The number of aromatic hydroxyl groups is 1. The van der Waals surface area contributed by atoms with Crippen molar-refractivity contribution in [2.75, 3.05) is 5.32 Å². The highest BCUT2D eigenvalue weighted by molar-refractivity contribution is 5.95. The highest BCUT2D eigenvalue weighted by Crippen LogP contribution is 2.41. The van der Waals surface area contributed by atoms with Gasteiger partial charge in [0.05, 0.1) is 0 Å². The maximum Gasteiger partial charge on any atom is 0.230 e. The molecule has 0 aromatic heterocycles. The van der Waals surface area contributed by atoms with Gasteiger partial charge in [-0.25, -0.2) is 0 Å². The van der Waals surface area contributed by atoms with Gasteiger partial charge < -0.3 is 10.4 Å². The number of anilines is 1. The molecule has 1 aromatic rings. The van der Waals surface area contributed by atoms with Crippen LogP contribution >= 0.6 is 0 Å². The maximum atomic E-state index is 12.3. The fraction of sp³-hybridized carbons (Fsp3) is 0.500. The summed E-state index contributed by atoms with van der Waals surface area (Å²) in [5.41, 5.74) is 0.487. The first-order valence-electron chi connectivity index (χ1n) is 6.27. The lowest BCUT2D eigenvalue weighted by molar-refractivity contribution is -0.125. The number of benzene rings is 1. The molecule has 1 aliphatic carbocycles. The van der Waals surface area contributed by atoms with Crippen molar-refractivity contribution in [2.45, 2.75) is 39.0 Å². The molecule has 3 heteroatoms. The molecule has 0 radical (unpaired) electrons. The molecule has 2 rings (SSSR count). The Morgan fingerprint density at radius 1 is 1.41 bits per heavy atom. The van der Waals surface area contributed by atoms with Crippen LogP contribution in [0, 0.1) is 5.41 Å². The van der Waals surface area contributed by atoms with Gasteiger partial charge >= 0.3 is 0 Å². The van der Waals surface area contributed by atoms with Gasteiger partial charge in [0.1, 0.15) is 5.75 Å². The van der Waals surface area contributed by atoms with Crippen LogP contribution in [0.3, 0.4) is 0 Å². The third-order valence-corrected chi connectivity index (χ3v) is 3.82. The zero-order chi connectivity index (χ0) is 12.3. The Hall–Kier alpha value is -1.51. The SMILES string of the molecule is CCC1(C(=O)Nc2cccc(O)c2)CCCC1. The number of carbonyl (C=O) groups is 1. The van der Waals surface area contributed by atoms with Crippen molar-refractivity contribution in [3.63, 3.8) is 0 Å². The molecule has 0 saturated heterocycles. The molecule has 0 heterocycles. The molecule has 2 N–H and O–H groups in total. The average molecular weight is 233 g/mol. The maximum absolute atomic E-state index is 12.3. The van der Waals surface area contributed by atoms with Crippen molar-refractivity contribution in [1.29, 1.82) is 0 Å². The largest absolute Gasteiger partial charge is 0.508 e. The number of phenols is 1. The predicted octanol–water partition coefficient (Wildman–Crippen LogP) is 3.30. The summed E-state index contributed by atoms with van der Waals surface area (Å²) in [6, 6.07) is 6.71. The number of phenolic OH excluding ortho intramolecular Hbond substituents is 1. The van der Waals surface area contributed by atoms with Crippen LogP contribution in [0.15, 0.2) is 24.3 Å². The minimum absolute atomic E-state index is 0.100. The lowest BCUT2D eigenvalue weighted by atomic mass is 9.82. The molecular weight excluding hydrogens is 214 g/mol. The Bertz CT molecular complexity index is 408. The Morgan fingerprint density at radius 2 is 2.12 bits per heavy atom. The van der Waals surface area contributed by atoms with E-state index in [9.17, 15) is 9.90 Å². The summed E-state index contributed by atoms with van der Waals surface area (Å²) < 4.78 is 0. The molecule has 92 valence electrons. The Balaban J connectivity index is 2.10. The van der Waals surface area contributed by atoms with Crippen LogP contribution < -0.4 is 5.32 Å². The van der Waals surface area contributed by atoms with Gasteiger partial charge in [0.25, 0.3) is 0 Å². The Kier molecular flexibility index (Phi) is 3.36. The normalized spacial score (nSPS) is 17.9. The average Bonchev–Trinajstić information content (AvgIpc) is 2.78. The molecule has 1 saturated carbocycles. The van der Waals surface area contributed by atoms with E-state index in [4.69, 9.17) is 0 Å². The number of carbonyl (C=O) groups excluding carboxylic acids is 1. The second-order valence-corrected chi connectivity index (χ2v) is 4.85. The molecule has 1 aromatic carbocycles. The first-order chi connectivity index (χ1) is 8.16. The quantitative estimate of drug-likeness (QED) is 0.841. The lowest BCUT2D eigenvalue weighted by Gasteiger charge is -2.26. The summed E-state index contributed by atoms with van der Waals surface area (Å²) in [5.74, 6) is 0.280. The van der Waals surface area contributed by atoms with Gasteiger partial charge in [-0.1, -0.05) is 25.8 Å². The number of hydrogen-bond donors (Lipinski definition) is 2. The molecule has 0 bridgehead atoms. The second-order valence-electron chi connectivity index (χ2n) is 4.85. The van der Waals surface area contributed by atoms with Gasteiger partial charge in [0, 0.05) is 17.2 Å². The van der Waals surface area contributed by atoms with Crippen LogP contribution in [-0.4, -0.2) is 11.0 Å². The summed E-state index contributed by atoms with van der Waals surface area (Å²) in [6.45, 7) is 2.08. The highest BCUT2D eigenvalue weighted by atomic mass is 16.3. The molecule has 1 fully saturated rings. The van der Waals surface area contributed by atoms with Crippen molar-refractivity contribution < 1.29 is 9.90 Å². The summed E-state index contributed by atoms with van der Waals surface area (Å²) in [6.07, 6.45) is 5.13. The van der Waals surface area contributed by atoms with Crippen molar-refractivity contribution in [3.8, 4) is 5.75 Å². The Labute approximate surface area is 102 Å². The molecule has 0 spiro atoms. The van der Waals surface area contributed by atoms with E-state index in [1.807, 2.05) is 0 Å². The van der Waals surface area contributed by atoms with Crippen LogP contribution in [0.4, 0.5) is 5.69 Å².